The lowest BCUT2D eigenvalue weighted by molar-refractivity contribution is -0.137. The van der Waals surface area contributed by atoms with E-state index < -0.39 is 11.7 Å². The predicted octanol–water partition coefficient (Wildman–Crippen LogP) is 4.20. The molecule has 0 fully saturated rings. The van der Waals surface area contributed by atoms with E-state index in [1.807, 2.05) is 12.1 Å². The van der Waals surface area contributed by atoms with Gasteiger partial charge in [-0.1, -0.05) is 12.1 Å². The molecule has 0 bridgehead atoms. The number of rotatable bonds is 4. The van der Waals surface area contributed by atoms with Gasteiger partial charge in [0.15, 0.2) is 0 Å². The lowest BCUT2D eigenvalue weighted by Crippen LogP contribution is -2.09. The molecule has 6 heteroatoms. The minimum Gasteiger partial charge on any atom is -0.497 e. The molecule has 0 amide bonds. The molecule has 114 valence electrons. The van der Waals surface area contributed by atoms with Crippen LogP contribution in [0.4, 0.5) is 18.9 Å². The number of nitrogens with zero attached hydrogens (tertiary/aromatic N) is 1. The quantitative estimate of drug-likeness (QED) is 0.921. The van der Waals surface area contributed by atoms with Crippen molar-refractivity contribution in [2.75, 3.05) is 12.4 Å². The van der Waals surface area contributed by atoms with E-state index in [0.717, 1.165) is 11.6 Å². The average molecular weight is 306 g/mol. The van der Waals surface area contributed by atoms with Gasteiger partial charge in [0.25, 0.3) is 0 Å². The van der Waals surface area contributed by atoms with Crippen LogP contribution in [0.1, 0.15) is 16.7 Å². The molecule has 2 aromatic carbocycles. The van der Waals surface area contributed by atoms with Crippen molar-refractivity contribution in [1.29, 1.82) is 5.26 Å². The Hall–Kier alpha value is -2.68. The Morgan fingerprint density at radius 3 is 2.36 bits per heavy atom. The van der Waals surface area contributed by atoms with E-state index in [-0.39, 0.29) is 5.56 Å². The fourth-order valence-electron chi connectivity index (χ4n) is 1.93. The zero-order valence-corrected chi connectivity index (χ0v) is 11.7. The molecule has 22 heavy (non-hydrogen) atoms. The first-order valence-corrected chi connectivity index (χ1v) is 6.42. The van der Waals surface area contributed by atoms with Crippen LogP contribution in [0.2, 0.25) is 0 Å². The molecule has 0 spiro atoms. The highest BCUT2D eigenvalue weighted by atomic mass is 19.4. The molecule has 3 nitrogen and oxygen atoms in total. The van der Waals surface area contributed by atoms with Crippen molar-refractivity contribution in [1.82, 2.24) is 0 Å². The highest BCUT2D eigenvalue weighted by Gasteiger charge is 2.33. The summed E-state index contributed by atoms with van der Waals surface area (Å²) in [5.74, 6) is 0.710. The van der Waals surface area contributed by atoms with E-state index in [1.165, 1.54) is 12.1 Å². The molecule has 0 radical (unpaired) electrons. The molecule has 0 saturated heterocycles. The second-order valence-electron chi connectivity index (χ2n) is 4.57. The number of nitrogens with one attached hydrogen (secondary N) is 1. The minimum absolute atomic E-state index is 0.308. The number of methoxy groups -OCH3 is 1. The van der Waals surface area contributed by atoms with Crippen molar-refractivity contribution >= 4 is 5.69 Å². The maximum atomic E-state index is 12.9. The first kappa shape index (κ1) is 15.7. The summed E-state index contributed by atoms with van der Waals surface area (Å²) in [5.41, 5.74) is -0.113. The summed E-state index contributed by atoms with van der Waals surface area (Å²) in [6.07, 6.45) is -4.55. The average Bonchev–Trinajstić information content (AvgIpc) is 2.52. The Balaban J connectivity index is 2.14. The number of anilines is 1. The molecular weight excluding hydrogens is 293 g/mol. The van der Waals surface area contributed by atoms with E-state index in [4.69, 9.17) is 10.00 Å². The standard InChI is InChI=1S/C16H13F3N2O/c1-22-14-6-2-11(3-7-14)10-21-13-5-4-12(9-20)15(8-13)16(17,18)19/h2-8,21H,10H2,1H3. The molecule has 2 rings (SSSR count). The van der Waals surface area contributed by atoms with Crippen molar-refractivity contribution < 1.29 is 17.9 Å². The second kappa shape index (κ2) is 6.39. The molecule has 0 atom stereocenters. The van der Waals surface area contributed by atoms with Gasteiger partial charge in [-0.15, -0.1) is 0 Å². The summed E-state index contributed by atoms with van der Waals surface area (Å²) < 4.78 is 43.6. The van der Waals surface area contributed by atoms with E-state index in [0.29, 0.717) is 18.0 Å². The molecule has 0 saturated carbocycles. The fourth-order valence-corrected chi connectivity index (χ4v) is 1.93. The Morgan fingerprint density at radius 2 is 1.82 bits per heavy atom. The fraction of sp³-hybridized carbons (Fsp3) is 0.188. The van der Waals surface area contributed by atoms with Gasteiger partial charge in [-0.3, -0.25) is 0 Å². The number of benzene rings is 2. The molecule has 0 aromatic heterocycles. The zero-order valence-electron chi connectivity index (χ0n) is 11.7. The van der Waals surface area contributed by atoms with Crippen LogP contribution < -0.4 is 10.1 Å². The van der Waals surface area contributed by atoms with Crippen LogP contribution in [-0.2, 0) is 12.7 Å². The van der Waals surface area contributed by atoms with Gasteiger partial charge >= 0.3 is 6.18 Å². The molecule has 1 N–H and O–H groups in total. The van der Waals surface area contributed by atoms with Crippen LogP contribution in [0.3, 0.4) is 0 Å². The number of halogens is 3. The molecule has 2 aromatic rings. The molecule has 0 aliphatic carbocycles. The summed E-state index contributed by atoms with van der Waals surface area (Å²) >= 11 is 0. The Morgan fingerprint density at radius 1 is 1.14 bits per heavy atom. The summed E-state index contributed by atoms with van der Waals surface area (Å²) in [7, 11) is 1.56. The van der Waals surface area contributed by atoms with Crippen LogP contribution in [-0.4, -0.2) is 7.11 Å². The predicted molar refractivity (Wildman–Crippen MR) is 76.5 cm³/mol. The lowest BCUT2D eigenvalue weighted by atomic mass is 10.1. The van der Waals surface area contributed by atoms with Gasteiger partial charge in [0.05, 0.1) is 24.3 Å². The third-order valence-electron chi connectivity index (χ3n) is 3.10. The van der Waals surface area contributed by atoms with Gasteiger partial charge in [-0.2, -0.15) is 18.4 Å². The maximum absolute atomic E-state index is 12.9. The molecule has 0 aliphatic heterocycles. The Kier molecular flexibility index (Phi) is 4.56. The van der Waals surface area contributed by atoms with Gasteiger partial charge in [0, 0.05) is 12.2 Å². The van der Waals surface area contributed by atoms with Crippen LogP contribution in [0, 0.1) is 11.3 Å². The van der Waals surface area contributed by atoms with Crippen LogP contribution >= 0.6 is 0 Å². The second-order valence-corrected chi connectivity index (χ2v) is 4.57. The van der Waals surface area contributed by atoms with Crippen molar-refractivity contribution in [3.8, 4) is 11.8 Å². The molecule has 0 aliphatic rings. The Bertz CT molecular complexity index is 688. The molecule has 0 unspecified atom stereocenters. The summed E-state index contributed by atoms with van der Waals surface area (Å²) in [4.78, 5) is 0. The van der Waals surface area contributed by atoms with Gasteiger partial charge in [0.2, 0.25) is 0 Å². The molecule has 0 heterocycles. The van der Waals surface area contributed by atoms with Crippen molar-refractivity contribution in [3.63, 3.8) is 0 Å². The maximum Gasteiger partial charge on any atom is 0.417 e. The minimum atomic E-state index is -4.55. The van der Waals surface area contributed by atoms with Gasteiger partial charge in [-0.05, 0) is 35.9 Å². The number of hydrogen-bond donors (Lipinski definition) is 1. The first-order valence-electron chi connectivity index (χ1n) is 6.42. The van der Waals surface area contributed by atoms with Crippen molar-refractivity contribution in [2.45, 2.75) is 12.7 Å². The topological polar surface area (TPSA) is 45.0 Å². The highest BCUT2D eigenvalue weighted by molar-refractivity contribution is 5.53. The van der Waals surface area contributed by atoms with Crippen molar-refractivity contribution in [3.05, 3.63) is 59.2 Å². The van der Waals surface area contributed by atoms with Gasteiger partial charge in [0.1, 0.15) is 5.75 Å². The third kappa shape index (κ3) is 3.70. The summed E-state index contributed by atoms with van der Waals surface area (Å²) in [6.45, 7) is 0.368. The van der Waals surface area contributed by atoms with Gasteiger partial charge < -0.3 is 10.1 Å². The summed E-state index contributed by atoms with van der Waals surface area (Å²) in [6, 6.07) is 12.3. The molecular formula is C16H13F3N2O. The highest BCUT2D eigenvalue weighted by Crippen LogP contribution is 2.33. The SMILES string of the molecule is COc1ccc(CNc2ccc(C#N)c(C(F)(F)F)c2)cc1. The zero-order chi connectivity index (χ0) is 16.2. The smallest absolute Gasteiger partial charge is 0.417 e. The Labute approximate surface area is 126 Å². The summed E-state index contributed by atoms with van der Waals surface area (Å²) in [5, 5.41) is 11.7. The number of nitriles is 1. The number of alkyl halides is 3. The van der Waals surface area contributed by atoms with E-state index >= 15 is 0 Å². The van der Waals surface area contributed by atoms with Crippen LogP contribution in [0.5, 0.6) is 5.75 Å². The third-order valence-corrected chi connectivity index (χ3v) is 3.10. The largest absolute Gasteiger partial charge is 0.497 e. The number of ether oxygens (including phenoxy) is 1. The van der Waals surface area contributed by atoms with Crippen molar-refractivity contribution in [2.24, 2.45) is 0 Å². The monoisotopic (exact) mass is 306 g/mol. The lowest BCUT2D eigenvalue weighted by Gasteiger charge is -2.12. The van der Waals surface area contributed by atoms with E-state index in [9.17, 15) is 13.2 Å². The van der Waals surface area contributed by atoms with E-state index in [2.05, 4.69) is 5.32 Å². The van der Waals surface area contributed by atoms with Crippen LogP contribution in [0.15, 0.2) is 42.5 Å². The number of hydrogen-bond acceptors (Lipinski definition) is 3. The first-order chi connectivity index (χ1) is 10.4. The van der Waals surface area contributed by atoms with Crippen LogP contribution in [0.25, 0.3) is 0 Å². The van der Waals surface area contributed by atoms with Gasteiger partial charge in [-0.25, -0.2) is 0 Å². The normalized spacial score (nSPS) is 10.9. The van der Waals surface area contributed by atoms with E-state index in [1.54, 1.807) is 25.3 Å².